The third-order valence-electron chi connectivity index (χ3n) is 1.60. The molecule has 0 amide bonds. The van der Waals surface area contributed by atoms with Crippen molar-refractivity contribution in [3.63, 3.8) is 0 Å². The number of aliphatic hydroxyl groups is 1. The highest BCUT2D eigenvalue weighted by Gasteiger charge is 2.09. The van der Waals surface area contributed by atoms with Crippen molar-refractivity contribution in [3.05, 3.63) is 18.0 Å². The van der Waals surface area contributed by atoms with Gasteiger partial charge < -0.3 is 5.11 Å². The minimum absolute atomic E-state index is 0.156. The maximum atomic E-state index is 11.1. The first-order valence-corrected chi connectivity index (χ1v) is 5.75. The van der Waals surface area contributed by atoms with Crippen LogP contribution in [0.15, 0.2) is 12.3 Å². The van der Waals surface area contributed by atoms with Crippen LogP contribution in [0.25, 0.3) is 0 Å². The summed E-state index contributed by atoms with van der Waals surface area (Å²) in [6.45, 7) is -0.222. The van der Waals surface area contributed by atoms with Gasteiger partial charge in [-0.25, -0.2) is 13.1 Å². The molecule has 0 unspecified atom stereocenters. The van der Waals surface area contributed by atoms with Crippen molar-refractivity contribution in [3.8, 4) is 0 Å². The summed E-state index contributed by atoms with van der Waals surface area (Å²) in [5, 5.41) is 12.5. The Labute approximate surface area is 82.6 Å². The molecule has 0 saturated carbocycles. The smallest absolute Gasteiger partial charge is 0.214 e. The number of sulfonamides is 1. The van der Waals surface area contributed by atoms with Crippen molar-refractivity contribution >= 4 is 10.0 Å². The number of hydrogen-bond acceptors (Lipinski definition) is 4. The number of aryl methyl sites for hydroxylation is 1. The van der Waals surface area contributed by atoms with E-state index in [0.29, 0.717) is 5.69 Å². The van der Waals surface area contributed by atoms with Crippen LogP contribution in [0.5, 0.6) is 0 Å². The van der Waals surface area contributed by atoms with Gasteiger partial charge in [-0.1, -0.05) is 0 Å². The third kappa shape index (κ3) is 3.44. The third-order valence-corrected chi connectivity index (χ3v) is 2.91. The molecule has 0 aliphatic carbocycles. The molecule has 0 atom stereocenters. The molecule has 0 aromatic carbocycles. The Kier molecular flexibility index (Phi) is 3.62. The van der Waals surface area contributed by atoms with E-state index >= 15 is 0 Å². The van der Waals surface area contributed by atoms with E-state index in [-0.39, 0.29) is 18.9 Å². The Morgan fingerprint density at radius 3 is 2.86 bits per heavy atom. The van der Waals surface area contributed by atoms with Crippen molar-refractivity contribution in [1.82, 2.24) is 14.5 Å². The van der Waals surface area contributed by atoms with Gasteiger partial charge in [-0.15, -0.1) is 0 Å². The Morgan fingerprint density at radius 2 is 2.36 bits per heavy atom. The lowest BCUT2D eigenvalue weighted by Crippen LogP contribution is -2.27. The summed E-state index contributed by atoms with van der Waals surface area (Å²) in [5.41, 5.74) is 0.647. The van der Waals surface area contributed by atoms with Crippen LogP contribution in [-0.2, 0) is 23.6 Å². The van der Waals surface area contributed by atoms with E-state index in [0.717, 1.165) is 0 Å². The summed E-state index contributed by atoms with van der Waals surface area (Å²) in [5.74, 6) is -0.278. The predicted molar refractivity (Wildman–Crippen MR) is 50.9 cm³/mol. The minimum atomic E-state index is -3.37. The van der Waals surface area contributed by atoms with Gasteiger partial charge in [-0.05, 0) is 6.07 Å². The lowest BCUT2D eigenvalue weighted by atomic mass is 10.4. The van der Waals surface area contributed by atoms with Crippen molar-refractivity contribution in [2.45, 2.75) is 6.54 Å². The summed E-state index contributed by atoms with van der Waals surface area (Å²) in [4.78, 5) is 0. The first-order valence-electron chi connectivity index (χ1n) is 4.10. The zero-order valence-electron chi connectivity index (χ0n) is 7.84. The summed E-state index contributed by atoms with van der Waals surface area (Å²) in [6.07, 6.45) is 1.73. The SMILES string of the molecule is Cn1ccc(CNS(=O)(=O)CCO)n1. The number of hydrogen-bond donors (Lipinski definition) is 2. The van der Waals surface area contributed by atoms with Gasteiger partial charge in [0.2, 0.25) is 10.0 Å². The Balaban J connectivity index is 2.48. The zero-order chi connectivity index (χ0) is 10.6. The van der Waals surface area contributed by atoms with Crippen LogP contribution in [-0.4, -0.2) is 35.7 Å². The van der Waals surface area contributed by atoms with Gasteiger partial charge >= 0.3 is 0 Å². The van der Waals surface area contributed by atoms with E-state index in [9.17, 15) is 8.42 Å². The predicted octanol–water partition coefficient (Wildman–Crippen LogP) is -1.17. The van der Waals surface area contributed by atoms with E-state index in [4.69, 9.17) is 5.11 Å². The molecule has 0 spiro atoms. The summed E-state index contributed by atoms with van der Waals surface area (Å²) < 4.78 is 26.1. The van der Waals surface area contributed by atoms with Crippen LogP contribution >= 0.6 is 0 Å². The highest BCUT2D eigenvalue weighted by atomic mass is 32.2. The van der Waals surface area contributed by atoms with Gasteiger partial charge in [-0.3, -0.25) is 4.68 Å². The van der Waals surface area contributed by atoms with E-state index in [2.05, 4.69) is 9.82 Å². The molecule has 1 aromatic heterocycles. The highest BCUT2D eigenvalue weighted by molar-refractivity contribution is 7.89. The lowest BCUT2D eigenvalue weighted by molar-refractivity contribution is 0.319. The van der Waals surface area contributed by atoms with Gasteiger partial charge in [0, 0.05) is 13.2 Å². The second-order valence-corrected chi connectivity index (χ2v) is 4.77. The van der Waals surface area contributed by atoms with E-state index in [1.54, 1.807) is 24.0 Å². The fourth-order valence-corrected chi connectivity index (χ4v) is 1.69. The molecule has 0 saturated heterocycles. The first-order chi connectivity index (χ1) is 6.53. The molecule has 80 valence electrons. The fourth-order valence-electron chi connectivity index (χ4n) is 0.934. The molecule has 1 heterocycles. The van der Waals surface area contributed by atoms with Crippen molar-refractivity contribution < 1.29 is 13.5 Å². The molecule has 0 bridgehead atoms. The number of aromatic nitrogens is 2. The largest absolute Gasteiger partial charge is 0.395 e. The van der Waals surface area contributed by atoms with Crippen LogP contribution in [0.1, 0.15) is 5.69 Å². The summed E-state index contributed by atoms with van der Waals surface area (Å²) in [7, 11) is -1.61. The number of nitrogens with zero attached hydrogens (tertiary/aromatic N) is 2. The molecule has 0 radical (unpaired) electrons. The Morgan fingerprint density at radius 1 is 1.64 bits per heavy atom. The highest BCUT2D eigenvalue weighted by Crippen LogP contribution is 1.94. The molecule has 0 aliphatic rings. The number of aliphatic hydroxyl groups excluding tert-OH is 1. The Bertz CT molecular complexity index is 385. The van der Waals surface area contributed by atoms with Crippen LogP contribution in [0.3, 0.4) is 0 Å². The number of rotatable bonds is 5. The first kappa shape index (κ1) is 11.2. The molecule has 1 aromatic rings. The lowest BCUT2D eigenvalue weighted by Gasteiger charge is -2.02. The molecule has 0 aliphatic heterocycles. The topological polar surface area (TPSA) is 84.2 Å². The van der Waals surface area contributed by atoms with E-state index < -0.39 is 10.0 Å². The zero-order valence-corrected chi connectivity index (χ0v) is 8.66. The molecule has 6 nitrogen and oxygen atoms in total. The second kappa shape index (κ2) is 4.54. The maximum Gasteiger partial charge on any atom is 0.214 e. The number of nitrogens with one attached hydrogen (secondary N) is 1. The minimum Gasteiger partial charge on any atom is -0.395 e. The molecule has 14 heavy (non-hydrogen) atoms. The second-order valence-electron chi connectivity index (χ2n) is 2.84. The van der Waals surface area contributed by atoms with Crippen molar-refractivity contribution in [2.24, 2.45) is 7.05 Å². The normalized spacial score (nSPS) is 11.9. The molecular formula is C7H13N3O3S. The van der Waals surface area contributed by atoms with Gasteiger partial charge in [0.05, 0.1) is 24.6 Å². The van der Waals surface area contributed by atoms with Gasteiger partial charge in [0.15, 0.2) is 0 Å². The molecule has 0 fully saturated rings. The standard InChI is InChI=1S/C7H13N3O3S/c1-10-3-2-7(9-10)6-8-14(12,13)5-4-11/h2-3,8,11H,4-6H2,1H3. The van der Waals surface area contributed by atoms with Crippen LogP contribution in [0.2, 0.25) is 0 Å². The van der Waals surface area contributed by atoms with Gasteiger partial charge in [0.1, 0.15) is 0 Å². The fraction of sp³-hybridized carbons (Fsp3) is 0.571. The monoisotopic (exact) mass is 219 g/mol. The van der Waals surface area contributed by atoms with Gasteiger partial charge in [0.25, 0.3) is 0 Å². The molecule has 7 heteroatoms. The van der Waals surface area contributed by atoms with Crippen LogP contribution < -0.4 is 4.72 Å². The van der Waals surface area contributed by atoms with Gasteiger partial charge in [-0.2, -0.15) is 5.10 Å². The average molecular weight is 219 g/mol. The van der Waals surface area contributed by atoms with Crippen LogP contribution in [0.4, 0.5) is 0 Å². The average Bonchev–Trinajstić information content (AvgIpc) is 2.48. The van der Waals surface area contributed by atoms with Crippen LogP contribution in [0, 0.1) is 0 Å². The van der Waals surface area contributed by atoms with E-state index in [1.807, 2.05) is 0 Å². The van der Waals surface area contributed by atoms with Crippen molar-refractivity contribution in [2.75, 3.05) is 12.4 Å². The maximum absolute atomic E-state index is 11.1. The molecule has 1 rings (SSSR count). The van der Waals surface area contributed by atoms with E-state index in [1.165, 1.54) is 0 Å². The quantitative estimate of drug-likeness (QED) is 0.653. The molecular weight excluding hydrogens is 206 g/mol. The Hall–Kier alpha value is -0.920. The summed E-state index contributed by atoms with van der Waals surface area (Å²) >= 11 is 0. The molecule has 2 N–H and O–H groups in total. The van der Waals surface area contributed by atoms with Crippen molar-refractivity contribution in [1.29, 1.82) is 0 Å². The summed E-state index contributed by atoms with van der Waals surface area (Å²) in [6, 6.07) is 1.72.